The molecule has 4 rings (SSSR count). The number of carbonyl (C=O) groups is 1. The summed E-state index contributed by atoms with van der Waals surface area (Å²) in [5.41, 5.74) is 3.58. The first-order chi connectivity index (χ1) is 15.4. The third kappa shape index (κ3) is 3.52. The van der Waals surface area contributed by atoms with Crippen molar-refractivity contribution in [1.29, 1.82) is 0 Å². The molecule has 2 heterocycles. The Morgan fingerprint density at radius 3 is 1.97 bits per heavy atom. The number of nitrogens with zero attached hydrogens (tertiary/aromatic N) is 1. The lowest BCUT2D eigenvalue weighted by Gasteiger charge is -2.44. The maximum Gasteiger partial charge on any atom is 0.416 e. The molecule has 0 N–H and O–H groups in total. The highest BCUT2D eigenvalue weighted by Gasteiger charge is 2.46. The van der Waals surface area contributed by atoms with E-state index in [1.165, 1.54) is 12.1 Å². The van der Waals surface area contributed by atoms with Gasteiger partial charge in [-0.15, -0.1) is 0 Å². The van der Waals surface area contributed by atoms with Crippen molar-refractivity contribution < 1.29 is 22.7 Å². The number of halogens is 3. The van der Waals surface area contributed by atoms with Gasteiger partial charge in [0.1, 0.15) is 0 Å². The van der Waals surface area contributed by atoms with Crippen molar-refractivity contribution in [3.8, 4) is 0 Å². The van der Waals surface area contributed by atoms with Crippen molar-refractivity contribution in [2.45, 2.75) is 70.4 Å². The smallest absolute Gasteiger partial charge is 0.416 e. The minimum Gasteiger partial charge on any atom is -0.449 e. The van der Waals surface area contributed by atoms with Crippen LogP contribution in [0.5, 0.6) is 0 Å². The van der Waals surface area contributed by atoms with E-state index in [-0.39, 0.29) is 0 Å². The zero-order valence-electron chi connectivity index (χ0n) is 19.8. The maximum absolute atomic E-state index is 13.0. The number of esters is 1. The SMILES string of the molecule is CC(C)[Si](C(C)C)(C(C)C)n1ccc2c3c(ccc21)C(=O)OC3c1ccc(C(F)(F)F)cc1. The third-order valence-corrected chi connectivity index (χ3v) is 14.1. The van der Waals surface area contributed by atoms with Crippen LogP contribution in [0.1, 0.15) is 74.7 Å². The monoisotopic (exact) mass is 473 g/mol. The molecule has 0 aliphatic carbocycles. The van der Waals surface area contributed by atoms with Crippen LogP contribution in [0.15, 0.2) is 48.7 Å². The van der Waals surface area contributed by atoms with Gasteiger partial charge in [0, 0.05) is 16.5 Å². The van der Waals surface area contributed by atoms with E-state index >= 15 is 0 Å². The Morgan fingerprint density at radius 2 is 1.45 bits per heavy atom. The van der Waals surface area contributed by atoms with E-state index in [9.17, 15) is 18.0 Å². The molecule has 1 aliphatic heterocycles. The van der Waals surface area contributed by atoms with E-state index in [2.05, 4.69) is 52.0 Å². The average Bonchev–Trinajstić information content (AvgIpc) is 3.29. The van der Waals surface area contributed by atoms with Gasteiger partial charge in [-0.05, 0) is 58.7 Å². The van der Waals surface area contributed by atoms with E-state index in [0.29, 0.717) is 27.8 Å². The summed E-state index contributed by atoms with van der Waals surface area (Å²) in [5, 5.41) is 0.932. The standard InChI is InChI=1S/C26H30F3NO2Si/c1-15(2)33(16(3)4,17(5)6)30-14-13-20-22(30)12-11-21-23(20)24(32-25(21)31)18-7-9-19(10-8-18)26(27,28)29/h7-17,24H,1-6H3. The van der Waals surface area contributed by atoms with Crippen LogP contribution in [0.3, 0.4) is 0 Å². The fourth-order valence-electron chi connectivity index (χ4n) is 6.18. The van der Waals surface area contributed by atoms with Crippen molar-refractivity contribution >= 4 is 25.1 Å². The van der Waals surface area contributed by atoms with Crippen LogP contribution in [0.2, 0.25) is 16.6 Å². The second-order valence-corrected chi connectivity index (χ2v) is 15.6. The minimum atomic E-state index is -4.41. The summed E-state index contributed by atoms with van der Waals surface area (Å²) in [6.07, 6.45) is -2.99. The zero-order chi connectivity index (χ0) is 24.3. The summed E-state index contributed by atoms with van der Waals surface area (Å²) >= 11 is 0. The second-order valence-electron chi connectivity index (χ2n) is 9.90. The highest BCUT2D eigenvalue weighted by atomic mass is 28.3. The topological polar surface area (TPSA) is 31.2 Å². The first-order valence-electron chi connectivity index (χ1n) is 11.4. The highest BCUT2D eigenvalue weighted by Crippen LogP contribution is 2.47. The summed E-state index contributed by atoms with van der Waals surface area (Å²) < 4.78 is 47.2. The summed E-state index contributed by atoms with van der Waals surface area (Å²) in [5.74, 6) is -0.440. The van der Waals surface area contributed by atoms with E-state index in [1.54, 1.807) is 6.07 Å². The molecule has 0 spiro atoms. The summed E-state index contributed by atoms with van der Waals surface area (Å²) in [7, 11) is -2.03. The number of carbonyl (C=O) groups excluding carboxylic acids is 1. The van der Waals surface area contributed by atoms with Gasteiger partial charge in [0.25, 0.3) is 0 Å². The minimum absolute atomic E-state index is 0.440. The number of hydrogen-bond donors (Lipinski definition) is 0. The number of alkyl halides is 3. The molecule has 2 aromatic carbocycles. The third-order valence-electron chi connectivity index (χ3n) is 7.35. The molecule has 1 aromatic heterocycles. The molecule has 7 heteroatoms. The zero-order valence-corrected chi connectivity index (χ0v) is 20.8. The van der Waals surface area contributed by atoms with Crippen LogP contribution in [-0.2, 0) is 10.9 Å². The lowest BCUT2D eigenvalue weighted by Crippen LogP contribution is -2.51. The van der Waals surface area contributed by atoms with E-state index in [0.717, 1.165) is 28.6 Å². The van der Waals surface area contributed by atoms with Crippen LogP contribution in [0.25, 0.3) is 10.9 Å². The van der Waals surface area contributed by atoms with Gasteiger partial charge in [0.2, 0.25) is 0 Å². The lowest BCUT2D eigenvalue weighted by molar-refractivity contribution is -0.137. The fourth-order valence-corrected chi connectivity index (χ4v) is 12.8. The summed E-state index contributed by atoms with van der Waals surface area (Å²) in [6.45, 7) is 13.8. The van der Waals surface area contributed by atoms with E-state index < -0.39 is 32.0 Å². The predicted octanol–water partition coefficient (Wildman–Crippen LogP) is 7.94. The Labute approximate surface area is 193 Å². The Kier molecular flexibility index (Phi) is 5.75. The molecule has 0 saturated heterocycles. The van der Waals surface area contributed by atoms with Gasteiger partial charge in [0.05, 0.1) is 11.1 Å². The molecule has 0 fully saturated rings. The van der Waals surface area contributed by atoms with Crippen molar-refractivity contribution in [2.75, 3.05) is 0 Å². The van der Waals surface area contributed by atoms with Gasteiger partial charge in [-0.2, -0.15) is 13.2 Å². The number of benzene rings is 2. The molecule has 0 amide bonds. The molecule has 0 saturated carbocycles. The van der Waals surface area contributed by atoms with Crippen LogP contribution >= 0.6 is 0 Å². The Morgan fingerprint density at radius 1 is 0.879 bits per heavy atom. The molecule has 0 radical (unpaired) electrons. The molecule has 1 unspecified atom stereocenters. The van der Waals surface area contributed by atoms with Crippen LogP contribution < -0.4 is 0 Å². The fraction of sp³-hybridized carbons (Fsp3) is 0.423. The van der Waals surface area contributed by atoms with Crippen LogP contribution in [0.4, 0.5) is 13.2 Å². The number of ether oxygens (including phenoxy) is 1. The van der Waals surface area contributed by atoms with Gasteiger partial charge < -0.3 is 8.97 Å². The number of rotatable bonds is 5. The van der Waals surface area contributed by atoms with Gasteiger partial charge in [0.15, 0.2) is 14.3 Å². The molecule has 176 valence electrons. The molecule has 3 nitrogen and oxygen atoms in total. The Bertz CT molecular complexity index is 1170. The first kappa shape index (κ1) is 23.6. The van der Waals surface area contributed by atoms with Crippen molar-refractivity contribution in [1.82, 2.24) is 4.23 Å². The van der Waals surface area contributed by atoms with Crippen LogP contribution in [0, 0.1) is 0 Å². The molecule has 1 aliphatic rings. The molecule has 33 heavy (non-hydrogen) atoms. The molecule has 0 bridgehead atoms. The van der Waals surface area contributed by atoms with Crippen molar-refractivity contribution in [3.63, 3.8) is 0 Å². The van der Waals surface area contributed by atoms with Gasteiger partial charge >= 0.3 is 12.1 Å². The van der Waals surface area contributed by atoms with E-state index in [1.807, 2.05) is 12.1 Å². The van der Waals surface area contributed by atoms with E-state index in [4.69, 9.17) is 4.74 Å². The second kappa shape index (κ2) is 8.04. The van der Waals surface area contributed by atoms with Gasteiger partial charge in [-0.3, -0.25) is 0 Å². The number of hydrogen-bond acceptors (Lipinski definition) is 2. The maximum atomic E-state index is 13.0. The average molecular weight is 474 g/mol. The predicted molar refractivity (Wildman–Crippen MR) is 127 cm³/mol. The highest BCUT2D eigenvalue weighted by molar-refractivity contribution is 6.82. The van der Waals surface area contributed by atoms with Gasteiger partial charge in [-0.25, -0.2) is 4.79 Å². The Balaban J connectivity index is 1.90. The Hall–Kier alpha value is -2.54. The lowest BCUT2D eigenvalue weighted by atomic mass is 9.95. The molecule has 3 aromatic rings. The number of cyclic esters (lactones) is 1. The molecular formula is C26H30F3NO2Si. The first-order valence-corrected chi connectivity index (χ1v) is 13.6. The van der Waals surface area contributed by atoms with Crippen molar-refractivity contribution in [2.24, 2.45) is 0 Å². The normalized spacial score (nSPS) is 16.8. The molecular weight excluding hydrogens is 443 g/mol. The number of aromatic nitrogens is 1. The largest absolute Gasteiger partial charge is 0.449 e. The number of fused-ring (bicyclic) bond motifs is 3. The summed E-state index contributed by atoms with van der Waals surface area (Å²) in [6, 6.07) is 10.7. The van der Waals surface area contributed by atoms with Crippen molar-refractivity contribution in [3.05, 3.63) is 70.9 Å². The molecule has 1 atom stereocenters. The summed E-state index contributed by atoms with van der Waals surface area (Å²) in [4.78, 5) is 12.6. The quantitative estimate of drug-likeness (QED) is 0.278. The van der Waals surface area contributed by atoms with Crippen LogP contribution in [-0.4, -0.2) is 18.4 Å². The van der Waals surface area contributed by atoms with Gasteiger partial charge in [-0.1, -0.05) is 53.7 Å².